The number of anilines is 1. The van der Waals surface area contributed by atoms with Crippen LogP contribution in [0, 0.1) is 5.92 Å². The van der Waals surface area contributed by atoms with Crippen molar-refractivity contribution in [3.63, 3.8) is 0 Å². The van der Waals surface area contributed by atoms with Crippen LogP contribution < -0.4 is 10.0 Å². The molecule has 2 fully saturated rings. The van der Waals surface area contributed by atoms with E-state index in [9.17, 15) is 18.0 Å². The summed E-state index contributed by atoms with van der Waals surface area (Å²) in [5.74, 6) is -0.490. The lowest BCUT2D eigenvalue weighted by Crippen LogP contribution is -2.35. The molecule has 2 amide bonds. The number of rotatable bonds is 7. The van der Waals surface area contributed by atoms with Crippen molar-refractivity contribution in [2.24, 2.45) is 5.92 Å². The van der Waals surface area contributed by atoms with E-state index < -0.39 is 10.0 Å². The summed E-state index contributed by atoms with van der Waals surface area (Å²) in [7, 11) is -3.57. The van der Waals surface area contributed by atoms with Crippen LogP contribution in [-0.4, -0.2) is 43.8 Å². The van der Waals surface area contributed by atoms with Gasteiger partial charge in [0.05, 0.1) is 10.8 Å². The van der Waals surface area contributed by atoms with Gasteiger partial charge in [0.15, 0.2) is 0 Å². The van der Waals surface area contributed by atoms with Crippen LogP contribution >= 0.6 is 0 Å². The maximum absolute atomic E-state index is 12.6. The molecule has 3 rings (SSSR count). The third-order valence-corrected chi connectivity index (χ3v) is 7.30. The molecular formula is C20H29N3O4S. The Balaban J connectivity index is 1.59. The number of amides is 2. The van der Waals surface area contributed by atoms with Gasteiger partial charge in [0.25, 0.3) is 0 Å². The molecule has 2 aliphatic rings. The van der Waals surface area contributed by atoms with Crippen LogP contribution in [0.4, 0.5) is 5.69 Å². The van der Waals surface area contributed by atoms with Crippen LogP contribution in [0.2, 0.25) is 0 Å². The van der Waals surface area contributed by atoms with Gasteiger partial charge in [0, 0.05) is 30.7 Å². The van der Waals surface area contributed by atoms with Crippen LogP contribution in [-0.2, 0) is 19.6 Å². The van der Waals surface area contributed by atoms with Gasteiger partial charge in [-0.2, -0.15) is 0 Å². The lowest BCUT2D eigenvalue weighted by molar-refractivity contribution is -0.129. The highest BCUT2D eigenvalue weighted by Gasteiger charge is 2.38. The largest absolute Gasteiger partial charge is 0.339 e. The Morgan fingerprint density at radius 1 is 1.21 bits per heavy atom. The third kappa shape index (κ3) is 4.72. The van der Waals surface area contributed by atoms with E-state index in [4.69, 9.17) is 0 Å². The number of nitrogens with zero attached hydrogens (tertiary/aromatic N) is 1. The smallest absolute Gasteiger partial charge is 0.240 e. The molecular weight excluding hydrogens is 378 g/mol. The summed E-state index contributed by atoms with van der Waals surface area (Å²) >= 11 is 0. The van der Waals surface area contributed by atoms with E-state index in [2.05, 4.69) is 10.0 Å². The van der Waals surface area contributed by atoms with E-state index in [0.717, 1.165) is 25.7 Å². The van der Waals surface area contributed by atoms with Gasteiger partial charge in [-0.15, -0.1) is 0 Å². The molecule has 1 heterocycles. The van der Waals surface area contributed by atoms with Crippen molar-refractivity contribution in [1.82, 2.24) is 9.62 Å². The van der Waals surface area contributed by atoms with E-state index in [1.165, 1.54) is 12.1 Å². The quantitative estimate of drug-likeness (QED) is 0.726. The monoisotopic (exact) mass is 407 g/mol. The van der Waals surface area contributed by atoms with Crippen molar-refractivity contribution in [3.05, 3.63) is 24.3 Å². The molecule has 2 N–H and O–H groups in total. The average Bonchev–Trinajstić information content (AvgIpc) is 3.31. The molecule has 0 radical (unpaired) electrons. The van der Waals surface area contributed by atoms with Crippen LogP contribution in [0.3, 0.4) is 0 Å². The lowest BCUT2D eigenvalue weighted by Gasteiger charge is -2.23. The molecule has 1 aliphatic carbocycles. The molecule has 1 aliphatic heterocycles. The van der Waals surface area contributed by atoms with Crippen LogP contribution in [0.25, 0.3) is 0 Å². The number of hydrogen-bond acceptors (Lipinski definition) is 4. The van der Waals surface area contributed by atoms with Crippen molar-refractivity contribution in [3.8, 4) is 0 Å². The molecule has 1 aromatic carbocycles. The SMILES string of the molecule is CC[C@H](C)NS(=O)(=O)c1ccc(NC(=O)[C@H]2CC(=O)N(C3CCCC3)C2)cc1. The van der Waals surface area contributed by atoms with Gasteiger partial charge in [0.1, 0.15) is 0 Å². The molecule has 0 unspecified atom stereocenters. The zero-order chi connectivity index (χ0) is 20.3. The van der Waals surface area contributed by atoms with Crippen molar-refractivity contribution >= 4 is 27.5 Å². The second-order valence-electron chi connectivity index (χ2n) is 7.83. The first-order valence-electron chi connectivity index (χ1n) is 10.0. The van der Waals surface area contributed by atoms with E-state index >= 15 is 0 Å². The van der Waals surface area contributed by atoms with E-state index in [1.54, 1.807) is 12.1 Å². The second-order valence-corrected chi connectivity index (χ2v) is 9.54. The van der Waals surface area contributed by atoms with Crippen molar-refractivity contribution < 1.29 is 18.0 Å². The predicted molar refractivity (Wildman–Crippen MR) is 107 cm³/mol. The summed E-state index contributed by atoms with van der Waals surface area (Å²) < 4.78 is 27.2. The number of benzene rings is 1. The number of likely N-dealkylation sites (tertiary alicyclic amines) is 1. The van der Waals surface area contributed by atoms with Crippen molar-refractivity contribution in [2.45, 2.75) is 69.4 Å². The normalized spacial score (nSPS) is 21.9. The van der Waals surface area contributed by atoms with Gasteiger partial charge in [-0.3, -0.25) is 9.59 Å². The van der Waals surface area contributed by atoms with Crippen molar-refractivity contribution in [2.75, 3.05) is 11.9 Å². The molecule has 28 heavy (non-hydrogen) atoms. The fraction of sp³-hybridized carbons (Fsp3) is 0.600. The number of hydrogen-bond donors (Lipinski definition) is 2. The molecule has 0 aromatic heterocycles. The average molecular weight is 408 g/mol. The summed E-state index contributed by atoms with van der Waals surface area (Å²) in [5.41, 5.74) is 0.527. The molecule has 1 saturated heterocycles. The van der Waals surface area contributed by atoms with Crippen LogP contribution in [0.5, 0.6) is 0 Å². The van der Waals surface area contributed by atoms with Gasteiger partial charge in [-0.25, -0.2) is 13.1 Å². The van der Waals surface area contributed by atoms with Gasteiger partial charge < -0.3 is 10.2 Å². The first-order valence-corrected chi connectivity index (χ1v) is 11.5. The van der Waals surface area contributed by atoms with E-state index in [0.29, 0.717) is 18.7 Å². The summed E-state index contributed by atoms with van der Waals surface area (Å²) in [6.45, 7) is 4.19. The number of carbonyl (C=O) groups excluding carboxylic acids is 2. The summed E-state index contributed by atoms with van der Waals surface area (Å²) in [6, 6.07) is 6.25. The van der Waals surface area contributed by atoms with Gasteiger partial charge in [-0.05, 0) is 50.5 Å². The van der Waals surface area contributed by atoms with E-state index in [-0.39, 0.29) is 41.1 Å². The Kier molecular flexibility index (Phi) is 6.40. The Morgan fingerprint density at radius 3 is 2.46 bits per heavy atom. The topological polar surface area (TPSA) is 95.6 Å². The summed E-state index contributed by atoms with van der Waals surface area (Å²) in [5, 5.41) is 2.81. The standard InChI is InChI=1S/C20H29N3O4S/c1-3-14(2)22-28(26,27)18-10-8-16(9-11-18)21-20(25)15-12-19(24)23(13-15)17-6-4-5-7-17/h8-11,14-15,17,22H,3-7,12-13H2,1-2H3,(H,21,25)/t14-,15-/m0/s1. The minimum atomic E-state index is -3.57. The molecule has 1 saturated carbocycles. The summed E-state index contributed by atoms with van der Waals surface area (Å²) in [6.07, 6.45) is 5.29. The fourth-order valence-corrected chi connectivity index (χ4v) is 5.18. The van der Waals surface area contributed by atoms with Crippen LogP contribution in [0.1, 0.15) is 52.4 Å². The van der Waals surface area contributed by atoms with Gasteiger partial charge in [0.2, 0.25) is 21.8 Å². The predicted octanol–water partition coefficient (Wildman–Crippen LogP) is 2.49. The Morgan fingerprint density at radius 2 is 1.86 bits per heavy atom. The Hall–Kier alpha value is -1.93. The minimum absolute atomic E-state index is 0.0598. The maximum Gasteiger partial charge on any atom is 0.240 e. The molecule has 2 atom stereocenters. The second kappa shape index (κ2) is 8.61. The zero-order valence-corrected chi connectivity index (χ0v) is 17.3. The fourth-order valence-electron chi connectivity index (χ4n) is 3.85. The number of sulfonamides is 1. The Labute approximate surface area is 166 Å². The number of nitrogens with one attached hydrogen (secondary N) is 2. The minimum Gasteiger partial charge on any atom is -0.339 e. The first-order chi connectivity index (χ1) is 13.3. The Bertz CT molecular complexity index is 816. The van der Waals surface area contributed by atoms with Gasteiger partial charge in [-0.1, -0.05) is 19.8 Å². The maximum atomic E-state index is 12.6. The van der Waals surface area contributed by atoms with E-state index in [1.807, 2.05) is 18.7 Å². The molecule has 154 valence electrons. The molecule has 0 spiro atoms. The molecule has 8 heteroatoms. The van der Waals surface area contributed by atoms with Gasteiger partial charge >= 0.3 is 0 Å². The highest BCUT2D eigenvalue weighted by Crippen LogP contribution is 2.30. The zero-order valence-electron chi connectivity index (χ0n) is 16.5. The number of carbonyl (C=O) groups is 2. The lowest BCUT2D eigenvalue weighted by atomic mass is 10.1. The molecule has 7 nitrogen and oxygen atoms in total. The van der Waals surface area contributed by atoms with Crippen molar-refractivity contribution in [1.29, 1.82) is 0 Å². The third-order valence-electron chi connectivity index (χ3n) is 5.70. The summed E-state index contributed by atoms with van der Waals surface area (Å²) in [4.78, 5) is 26.9. The highest BCUT2D eigenvalue weighted by molar-refractivity contribution is 7.89. The first kappa shape index (κ1) is 20.8. The molecule has 1 aromatic rings. The molecule has 0 bridgehead atoms. The highest BCUT2D eigenvalue weighted by atomic mass is 32.2. The van der Waals surface area contributed by atoms with Crippen LogP contribution in [0.15, 0.2) is 29.2 Å².